The molecule has 0 unspecified atom stereocenters. The highest BCUT2D eigenvalue weighted by Gasteiger charge is 2.33. The van der Waals surface area contributed by atoms with Crippen molar-refractivity contribution in [2.45, 2.75) is 31.7 Å². The highest BCUT2D eigenvalue weighted by atomic mass is 16.5. The predicted molar refractivity (Wildman–Crippen MR) is 63.9 cm³/mol. The molecule has 2 nitrogen and oxygen atoms in total. The number of aliphatic hydroxyl groups is 1. The number of hydrogen-bond acceptors (Lipinski definition) is 2. The fourth-order valence-corrected chi connectivity index (χ4v) is 2.25. The third-order valence-electron chi connectivity index (χ3n) is 3.20. The van der Waals surface area contributed by atoms with Gasteiger partial charge < -0.3 is 9.84 Å². The van der Waals surface area contributed by atoms with Gasteiger partial charge in [0, 0.05) is 5.92 Å². The van der Waals surface area contributed by atoms with Gasteiger partial charge in [-0.25, -0.2) is 0 Å². The summed E-state index contributed by atoms with van der Waals surface area (Å²) in [6.07, 6.45) is 3.39. The Bertz CT molecular complexity index is 334. The largest absolute Gasteiger partial charge is 0.392 e. The normalized spacial score (nSPS) is 29.2. The van der Waals surface area contributed by atoms with Crippen LogP contribution in [0.3, 0.4) is 0 Å². The molecule has 0 bridgehead atoms. The Morgan fingerprint density at radius 1 is 1.31 bits per heavy atom. The van der Waals surface area contributed by atoms with Gasteiger partial charge in [-0.2, -0.15) is 0 Å². The van der Waals surface area contributed by atoms with Gasteiger partial charge in [0.1, 0.15) is 0 Å². The van der Waals surface area contributed by atoms with Crippen molar-refractivity contribution >= 4 is 0 Å². The third kappa shape index (κ3) is 2.52. The average Bonchev–Trinajstić information content (AvgIpc) is 2.68. The Morgan fingerprint density at radius 2 is 2.06 bits per heavy atom. The molecule has 0 amide bonds. The Balaban J connectivity index is 1.89. The molecule has 2 rings (SSSR count). The van der Waals surface area contributed by atoms with E-state index in [-0.39, 0.29) is 18.1 Å². The molecule has 2 heteroatoms. The van der Waals surface area contributed by atoms with Crippen molar-refractivity contribution in [1.82, 2.24) is 0 Å². The fraction of sp³-hybridized carbons (Fsp3) is 0.429. The van der Waals surface area contributed by atoms with Crippen molar-refractivity contribution in [3.8, 4) is 0 Å². The smallest absolute Gasteiger partial charge is 0.0720 e. The number of ether oxygens (including phenoxy) is 1. The van der Waals surface area contributed by atoms with Crippen LogP contribution in [0.2, 0.25) is 0 Å². The zero-order chi connectivity index (χ0) is 11.4. The minimum Gasteiger partial charge on any atom is -0.392 e. The van der Waals surface area contributed by atoms with Gasteiger partial charge in [0.25, 0.3) is 0 Å². The molecule has 1 saturated carbocycles. The molecule has 1 aromatic rings. The van der Waals surface area contributed by atoms with Gasteiger partial charge in [-0.3, -0.25) is 0 Å². The summed E-state index contributed by atoms with van der Waals surface area (Å²) in [5.74, 6) is 0.0868. The van der Waals surface area contributed by atoms with Crippen LogP contribution in [0.1, 0.15) is 18.4 Å². The second-order valence-electron chi connectivity index (χ2n) is 4.29. The molecular weight excluding hydrogens is 200 g/mol. The van der Waals surface area contributed by atoms with Crippen molar-refractivity contribution < 1.29 is 9.84 Å². The molecule has 1 fully saturated rings. The van der Waals surface area contributed by atoms with Crippen LogP contribution in [0.4, 0.5) is 0 Å². The van der Waals surface area contributed by atoms with Crippen molar-refractivity contribution in [3.63, 3.8) is 0 Å². The van der Waals surface area contributed by atoms with E-state index in [1.165, 1.54) is 5.56 Å². The van der Waals surface area contributed by atoms with Gasteiger partial charge in [0.2, 0.25) is 0 Å². The van der Waals surface area contributed by atoms with Crippen LogP contribution < -0.4 is 0 Å². The second-order valence-corrected chi connectivity index (χ2v) is 4.29. The van der Waals surface area contributed by atoms with Crippen LogP contribution >= 0.6 is 0 Å². The van der Waals surface area contributed by atoms with E-state index in [1.54, 1.807) is 0 Å². The number of aliphatic hydroxyl groups excluding tert-OH is 1. The van der Waals surface area contributed by atoms with Gasteiger partial charge in [-0.05, 0) is 18.4 Å². The SMILES string of the molecule is C=C[C@@H]1[C@@H](OCc2ccccc2)CC[C@@H]1O. The Hall–Kier alpha value is -1.12. The second kappa shape index (κ2) is 5.28. The third-order valence-corrected chi connectivity index (χ3v) is 3.20. The standard InChI is InChI=1S/C14H18O2/c1-2-12-13(15)8-9-14(12)16-10-11-6-4-3-5-7-11/h2-7,12-15H,1,8-10H2/t12-,13-,14-/m0/s1. The van der Waals surface area contributed by atoms with Crippen LogP contribution in [0.25, 0.3) is 0 Å². The molecule has 1 aliphatic rings. The van der Waals surface area contributed by atoms with Gasteiger partial charge in [0.15, 0.2) is 0 Å². The summed E-state index contributed by atoms with van der Waals surface area (Å²) >= 11 is 0. The summed E-state index contributed by atoms with van der Waals surface area (Å²) in [6.45, 7) is 4.37. The summed E-state index contributed by atoms with van der Waals surface area (Å²) in [5.41, 5.74) is 1.17. The van der Waals surface area contributed by atoms with Crippen molar-refractivity contribution in [3.05, 3.63) is 48.6 Å². The van der Waals surface area contributed by atoms with Crippen LogP contribution in [0.15, 0.2) is 43.0 Å². The highest BCUT2D eigenvalue weighted by Crippen LogP contribution is 2.30. The van der Waals surface area contributed by atoms with E-state index in [2.05, 4.69) is 6.58 Å². The van der Waals surface area contributed by atoms with Crippen LogP contribution in [-0.2, 0) is 11.3 Å². The van der Waals surface area contributed by atoms with Gasteiger partial charge >= 0.3 is 0 Å². The molecule has 1 N–H and O–H groups in total. The quantitative estimate of drug-likeness (QED) is 0.787. The van der Waals surface area contributed by atoms with E-state index in [4.69, 9.17) is 4.74 Å². The van der Waals surface area contributed by atoms with Gasteiger partial charge in [-0.15, -0.1) is 6.58 Å². The van der Waals surface area contributed by atoms with Crippen LogP contribution in [0.5, 0.6) is 0 Å². The molecule has 0 heterocycles. The van der Waals surface area contributed by atoms with Gasteiger partial charge in [-0.1, -0.05) is 36.4 Å². The first-order valence-corrected chi connectivity index (χ1v) is 5.77. The zero-order valence-electron chi connectivity index (χ0n) is 9.38. The molecule has 0 spiro atoms. The molecule has 86 valence electrons. The number of benzene rings is 1. The molecule has 0 radical (unpaired) electrons. The molecule has 1 aliphatic carbocycles. The van der Waals surface area contributed by atoms with Crippen molar-refractivity contribution in [1.29, 1.82) is 0 Å². The minimum atomic E-state index is -0.279. The molecule has 16 heavy (non-hydrogen) atoms. The van der Waals surface area contributed by atoms with E-state index in [9.17, 15) is 5.11 Å². The maximum absolute atomic E-state index is 9.71. The Morgan fingerprint density at radius 3 is 2.75 bits per heavy atom. The van der Waals surface area contributed by atoms with E-state index < -0.39 is 0 Å². The minimum absolute atomic E-state index is 0.0868. The van der Waals surface area contributed by atoms with E-state index >= 15 is 0 Å². The van der Waals surface area contributed by atoms with Crippen LogP contribution in [0, 0.1) is 5.92 Å². The average molecular weight is 218 g/mol. The van der Waals surface area contributed by atoms with E-state index in [1.807, 2.05) is 36.4 Å². The molecule has 0 aliphatic heterocycles. The first-order valence-electron chi connectivity index (χ1n) is 5.77. The lowest BCUT2D eigenvalue weighted by molar-refractivity contribution is 0.00945. The lowest BCUT2D eigenvalue weighted by Crippen LogP contribution is -2.23. The van der Waals surface area contributed by atoms with E-state index in [0.717, 1.165) is 12.8 Å². The molecule has 3 atom stereocenters. The number of rotatable bonds is 4. The number of hydrogen-bond donors (Lipinski definition) is 1. The maximum Gasteiger partial charge on any atom is 0.0720 e. The summed E-state index contributed by atoms with van der Waals surface area (Å²) in [5, 5.41) is 9.71. The molecular formula is C14H18O2. The lowest BCUT2D eigenvalue weighted by atomic mass is 10.0. The van der Waals surface area contributed by atoms with Crippen molar-refractivity contribution in [2.24, 2.45) is 5.92 Å². The lowest BCUT2D eigenvalue weighted by Gasteiger charge is -2.19. The zero-order valence-corrected chi connectivity index (χ0v) is 9.38. The summed E-state index contributed by atoms with van der Waals surface area (Å²) < 4.78 is 5.83. The monoisotopic (exact) mass is 218 g/mol. The van der Waals surface area contributed by atoms with E-state index in [0.29, 0.717) is 6.61 Å². The molecule has 1 aromatic carbocycles. The first kappa shape index (κ1) is 11.4. The topological polar surface area (TPSA) is 29.5 Å². The fourth-order valence-electron chi connectivity index (χ4n) is 2.25. The summed E-state index contributed by atoms with van der Waals surface area (Å²) in [6, 6.07) is 10.1. The van der Waals surface area contributed by atoms with Crippen LogP contribution in [-0.4, -0.2) is 17.3 Å². The predicted octanol–water partition coefficient (Wildman–Crippen LogP) is 2.53. The molecule has 0 aromatic heterocycles. The maximum atomic E-state index is 9.71. The summed E-state index contributed by atoms with van der Waals surface area (Å²) in [4.78, 5) is 0. The van der Waals surface area contributed by atoms with Gasteiger partial charge in [0.05, 0.1) is 18.8 Å². The highest BCUT2D eigenvalue weighted by molar-refractivity contribution is 5.13. The molecule has 0 saturated heterocycles. The van der Waals surface area contributed by atoms with Crippen molar-refractivity contribution in [2.75, 3.05) is 0 Å². The Kier molecular flexibility index (Phi) is 3.75. The Labute approximate surface area is 96.6 Å². The first-order chi connectivity index (χ1) is 7.81. The summed E-state index contributed by atoms with van der Waals surface area (Å²) in [7, 11) is 0.